The van der Waals surface area contributed by atoms with Crippen LogP contribution < -0.4 is 11.1 Å². The van der Waals surface area contributed by atoms with Gasteiger partial charge in [0.2, 0.25) is 0 Å². The summed E-state index contributed by atoms with van der Waals surface area (Å²) < 4.78 is 0. The molecule has 0 radical (unpaired) electrons. The van der Waals surface area contributed by atoms with Crippen LogP contribution >= 0.6 is 0 Å². The van der Waals surface area contributed by atoms with E-state index in [4.69, 9.17) is 5.73 Å². The molecule has 16 heavy (non-hydrogen) atoms. The molecule has 1 amide bonds. The van der Waals surface area contributed by atoms with E-state index in [0.717, 1.165) is 16.5 Å². The topological polar surface area (TPSA) is 83.8 Å². The minimum absolute atomic E-state index is 0.186. The predicted octanol–water partition coefficient (Wildman–Crippen LogP) is 0.608. The summed E-state index contributed by atoms with van der Waals surface area (Å²) in [6, 6.07) is 5.68. The summed E-state index contributed by atoms with van der Waals surface area (Å²) >= 11 is 0. The predicted molar refractivity (Wildman–Crippen MR) is 62.3 cm³/mol. The van der Waals surface area contributed by atoms with Gasteiger partial charge in [-0.05, 0) is 23.8 Å². The second-order valence-corrected chi connectivity index (χ2v) is 3.40. The van der Waals surface area contributed by atoms with Crippen molar-refractivity contribution in [3.05, 3.63) is 35.7 Å². The van der Waals surface area contributed by atoms with Crippen LogP contribution in [0.3, 0.4) is 0 Å². The third-order valence-corrected chi connectivity index (χ3v) is 2.28. The van der Waals surface area contributed by atoms with E-state index in [1.54, 1.807) is 19.3 Å². The van der Waals surface area contributed by atoms with Crippen LogP contribution in [0.2, 0.25) is 0 Å². The number of hydrogen-bond acceptors (Lipinski definition) is 3. The summed E-state index contributed by atoms with van der Waals surface area (Å²) in [4.78, 5) is 11.2. The van der Waals surface area contributed by atoms with Crippen molar-refractivity contribution in [2.24, 2.45) is 5.73 Å². The Kier molecular flexibility index (Phi) is 2.59. The van der Waals surface area contributed by atoms with Crippen molar-refractivity contribution >= 4 is 22.9 Å². The minimum Gasteiger partial charge on any atom is -0.394 e. The van der Waals surface area contributed by atoms with Crippen LogP contribution in [-0.4, -0.2) is 23.2 Å². The molecule has 1 heterocycles. The first-order valence-corrected chi connectivity index (χ1v) is 4.83. The second-order valence-electron chi connectivity index (χ2n) is 3.40. The lowest BCUT2D eigenvalue weighted by Gasteiger charge is -1.99. The number of nitrogens with zero attached hydrogens (tertiary/aromatic N) is 1. The van der Waals surface area contributed by atoms with Gasteiger partial charge in [-0.3, -0.25) is 9.89 Å². The monoisotopic (exact) mass is 216 g/mol. The normalized spacial score (nSPS) is 11.7. The highest BCUT2D eigenvalue weighted by Gasteiger charge is 2.02. The molecule has 0 spiro atoms. The Balaban J connectivity index is 2.36. The molecule has 0 saturated heterocycles. The van der Waals surface area contributed by atoms with Crippen LogP contribution in [0.5, 0.6) is 0 Å². The summed E-state index contributed by atoms with van der Waals surface area (Å²) in [5, 5.41) is 10.2. The fourth-order valence-electron chi connectivity index (χ4n) is 1.44. The smallest absolute Gasteiger partial charge is 0.266 e. The first kappa shape index (κ1) is 10.2. The number of hydrogen-bond donors (Lipinski definition) is 3. The fraction of sp³-hybridized carbons (Fsp3) is 0.0909. The third kappa shape index (κ3) is 1.88. The molecule has 0 aliphatic heterocycles. The van der Waals surface area contributed by atoms with Gasteiger partial charge in [0.15, 0.2) is 0 Å². The Morgan fingerprint density at radius 3 is 3.12 bits per heavy atom. The highest BCUT2D eigenvalue weighted by atomic mass is 16.1. The van der Waals surface area contributed by atoms with Crippen molar-refractivity contribution in [3.8, 4) is 0 Å². The molecule has 2 aromatic rings. The summed E-state index contributed by atoms with van der Waals surface area (Å²) in [6.45, 7) is 0. The molecule has 0 aliphatic carbocycles. The Morgan fingerprint density at radius 1 is 1.56 bits per heavy atom. The van der Waals surface area contributed by atoms with Crippen LogP contribution in [0.1, 0.15) is 5.56 Å². The third-order valence-electron chi connectivity index (χ3n) is 2.28. The molecule has 0 atom stereocenters. The Hall–Kier alpha value is -2.30. The minimum atomic E-state index is -0.285. The standard InChI is InChI=1S/C11H12N4O/c1-13-11(16)9(12)5-7-2-3-10-8(4-7)6-14-15-10/h2-6H,12H2,1H3,(H,13,16)(H,14,15)/b9-5-. The van der Waals surface area contributed by atoms with E-state index in [2.05, 4.69) is 15.5 Å². The molecule has 5 heteroatoms. The van der Waals surface area contributed by atoms with Crippen LogP contribution in [0, 0.1) is 0 Å². The number of carbonyl (C=O) groups excluding carboxylic acids is 1. The molecule has 5 nitrogen and oxygen atoms in total. The maximum Gasteiger partial charge on any atom is 0.266 e. The molecular formula is C11H12N4O. The largest absolute Gasteiger partial charge is 0.394 e. The Morgan fingerprint density at radius 2 is 2.38 bits per heavy atom. The molecule has 82 valence electrons. The molecule has 0 aliphatic rings. The van der Waals surface area contributed by atoms with E-state index in [9.17, 15) is 4.79 Å². The summed E-state index contributed by atoms with van der Waals surface area (Å²) in [6.07, 6.45) is 3.36. The van der Waals surface area contributed by atoms with E-state index in [-0.39, 0.29) is 11.6 Å². The van der Waals surface area contributed by atoms with E-state index in [0.29, 0.717) is 0 Å². The van der Waals surface area contributed by atoms with Crippen molar-refractivity contribution in [1.29, 1.82) is 0 Å². The van der Waals surface area contributed by atoms with Gasteiger partial charge in [-0.2, -0.15) is 5.10 Å². The second kappa shape index (κ2) is 4.06. The molecule has 0 unspecified atom stereocenters. The highest BCUT2D eigenvalue weighted by Crippen LogP contribution is 2.14. The first-order chi connectivity index (χ1) is 7.70. The fourth-order valence-corrected chi connectivity index (χ4v) is 1.44. The lowest BCUT2D eigenvalue weighted by Crippen LogP contribution is -2.24. The van der Waals surface area contributed by atoms with Gasteiger partial charge in [-0.25, -0.2) is 0 Å². The summed E-state index contributed by atoms with van der Waals surface area (Å²) in [5.74, 6) is -0.285. The van der Waals surface area contributed by atoms with Gasteiger partial charge in [0.1, 0.15) is 0 Å². The van der Waals surface area contributed by atoms with E-state index in [1.807, 2.05) is 18.2 Å². The Labute approximate surface area is 92.3 Å². The number of likely N-dealkylation sites (N-methyl/N-ethyl adjacent to an activating group) is 1. The zero-order chi connectivity index (χ0) is 11.5. The van der Waals surface area contributed by atoms with Gasteiger partial charge in [0, 0.05) is 12.4 Å². The zero-order valence-corrected chi connectivity index (χ0v) is 8.82. The SMILES string of the molecule is CNC(=O)/C(N)=C/c1ccc2[nH]ncc2c1. The number of H-pyrrole nitrogens is 1. The van der Waals surface area contributed by atoms with Gasteiger partial charge in [0.25, 0.3) is 5.91 Å². The number of aromatic amines is 1. The highest BCUT2D eigenvalue weighted by molar-refractivity contribution is 5.97. The molecule has 4 N–H and O–H groups in total. The first-order valence-electron chi connectivity index (χ1n) is 4.83. The van der Waals surface area contributed by atoms with E-state index < -0.39 is 0 Å². The summed E-state index contributed by atoms with van der Waals surface area (Å²) in [7, 11) is 1.54. The van der Waals surface area contributed by atoms with E-state index in [1.165, 1.54) is 0 Å². The zero-order valence-electron chi connectivity index (χ0n) is 8.82. The number of benzene rings is 1. The van der Waals surface area contributed by atoms with Crippen LogP contribution in [0.25, 0.3) is 17.0 Å². The maximum atomic E-state index is 11.2. The number of aromatic nitrogens is 2. The number of carbonyl (C=O) groups is 1. The molecule has 0 saturated carbocycles. The van der Waals surface area contributed by atoms with Crippen molar-refractivity contribution in [2.45, 2.75) is 0 Å². The van der Waals surface area contributed by atoms with Gasteiger partial charge in [0.05, 0.1) is 17.4 Å². The molecule has 0 fully saturated rings. The average molecular weight is 216 g/mol. The molecule has 1 aromatic heterocycles. The number of nitrogens with one attached hydrogen (secondary N) is 2. The molecule has 1 aromatic carbocycles. The van der Waals surface area contributed by atoms with Gasteiger partial charge in [-0.1, -0.05) is 6.07 Å². The molecule has 0 bridgehead atoms. The lowest BCUT2D eigenvalue weighted by atomic mass is 10.1. The quantitative estimate of drug-likeness (QED) is 0.643. The summed E-state index contributed by atoms with van der Waals surface area (Å²) in [5.41, 5.74) is 7.61. The van der Waals surface area contributed by atoms with Crippen LogP contribution in [0.4, 0.5) is 0 Å². The van der Waals surface area contributed by atoms with Crippen molar-refractivity contribution < 1.29 is 4.79 Å². The van der Waals surface area contributed by atoms with Gasteiger partial charge in [-0.15, -0.1) is 0 Å². The van der Waals surface area contributed by atoms with Crippen molar-refractivity contribution in [2.75, 3.05) is 7.05 Å². The number of amides is 1. The molecule has 2 rings (SSSR count). The van der Waals surface area contributed by atoms with E-state index >= 15 is 0 Å². The van der Waals surface area contributed by atoms with Gasteiger partial charge >= 0.3 is 0 Å². The average Bonchev–Trinajstić information content (AvgIpc) is 2.75. The van der Waals surface area contributed by atoms with Gasteiger partial charge < -0.3 is 11.1 Å². The lowest BCUT2D eigenvalue weighted by molar-refractivity contribution is -0.117. The number of rotatable bonds is 2. The van der Waals surface area contributed by atoms with Crippen LogP contribution in [-0.2, 0) is 4.79 Å². The van der Waals surface area contributed by atoms with Crippen LogP contribution in [0.15, 0.2) is 30.1 Å². The van der Waals surface area contributed by atoms with Crippen molar-refractivity contribution in [1.82, 2.24) is 15.5 Å². The number of nitrogens with two attached hydrogens (primary N) is 1. The Bertz CT molecular complexity index is 556. The van der Waals surface area contributed by atoms with Crippen molar-refractivity contribution in [3.63, 3.8) is 0 Å². The molecular weight excluding hydrogens is 204 g/mol. The number of fused-ring (bicyclic) bond motifs is 1. The maximum absolute atomic E-state index is 11.2.